The van der Waals surface area contributed by atoms with E-state index in [4.69, 9.17) is 4.74 Å². The third-order valence-electron chi connectivity index (χ3n) is 3.08. The molecule has 0 aliphatic heterocycles. The van der Waals surface area contributed by atoms with E-state index in [0.717, 1.165) is 12.3 Å². The van der Waals surface area contributed by atoms with E-state index in [1.165, 1.54) is 25.3 Å². The van der Waals surface area contributed by atoms with E-state index in [1.54, 1.807) is 6.07 Å². The van der Waals surface area contributed by atoms with E-state index in [0.29, 0.717) is 4.47 Å². The predicted molar refractivity (Wildman–Crippen MR) is 92.2 cm³/mol. The number of halogens is 1. The SMILES string of the molecule is COc1cc(/C=N\NC(=O)c2cc(Br)ccc2O)cc([N+](=O)[O-])c1O. The number of phenols is 2. The van der Waals surface area contributed by atoms with E-state index in [9.17, 15) is 25.1 Å². The Bertz CT molecular complexity index is 869. The zero-order valence-corrected chi connectivity index (χ0v) is 14.3. The molecule has 1 amide bonds. The Morgan fingerprint density at radius 2 is 2.08 bits per heavy atom. The Hall–Kier alpha value is -3.14. The van der Waals surface area contributed by atoms with Crippen molar-refractivity contribution in [2.75, 3.05) is 7.11 Å². The van der Waals surface area contributed by atoms with Gasteiger partial charge in [-0.05, 0) is 24.3 Å². The van der Waals surface area contributed by atoms with Gasteiger partial charge in [-0.3, -0.25) is 14.9 Å². The predicted octanol–water partition coefficient (Wildman–Crippen LogP) is 2.54. The molecule has 0 bridgehead atoms. The van der Waals surface area contributed by atoms with Crippen molar-refractivity contribution in [2.45, 2.75) is 0 Å². The van der Waals surface area contributed by atoms with Crippen molar-refractivity contribution in [3.8, 4) is 17.2 Å². The smallest absolute Gasteiger partial charge is 0.315 e. The third kappa shape index (κ3) is 4.23. The zero-order chi connectivity index (χ0) is 18.6. The maximum absolute atomic E-state index is 12.0. The van der Waals surface area contributed by atoms with E-state index < -0.39 is 22.3 Å². The lowest BCUT2D eigenvalue weighted by atomic mass is 10.2. The van der Waals surface area contributed by atoms with Gasteiger partial charge in [0.05, 0.1) is 23.8 Å². The number of nitro benzene ring substituents is 1. The van der Waals surface area contributed by atoms with Crippen LogP contribution in [0, 0.1) is 10.1 Å². The molecule has 10 heteroatoms. The first-order chi connectivity index (χ1) is 11.8. The van der Waals surface area contributed by atoms with Crippen LogP contribution in [0.25, 0.3) is 0 Å². The summed E-state index contributed by atoms with van der Waals surface area (Å²) in [7, 11) is 1.25. The lowest BCUT2D eigenvalue weighted by Crippen LogP contribution is -2.17. The maximum atomic E-state index is 12.0. The molecule has 0 atom stereocenters. The molecular weight excluding hydrogens is 398 g/mol. The normalized spacial score (nSPS) is 10.6. The summed E-state index contributed by atoms with van der Waals surface area (Å²) in [6.07, 6.45) is 1.14. The number of hydrogen-bond donors (Lipinski definition) is 3. The second kappa shape index (κ2) is 7.62. The largest absolute Gasteiger partial charge is 0.507 e. The molecule has 2 aromatic carbocycles. The number of rotatable bonds is 5. The second-order valence-corrected chi connectivity index (χ2v) is 5.62. The summed E-state index contributed by atoms with van der Waals surface area (Å²) in [6.45, 7) is 0. The van der Waals surface area contributed by atoms with Crippen molar-refractivity contribution >= 4 is 33.7 Å². The van der Waals surface area contributed by atoms with Gasteiger partial charge in [0, 0.05) is 16.1 Å². The van der Waals surface area contributed by atoms with Gasteiger partial charge in [0.2, 0.25) is 5.75 Å². The minimum atomic E-state index is -0.771. The minimum absolute atomic E-state index is 0.000734. The fraction of sp³-hybridized carbons (Fsp3) is 0.0667. The second-order valence-electron chi connectivity index (χ2n) is 4.71. The molecule has 9 nitrogen and oxygen atoms in total. The molecule has 130 valence electrons. The Morgan fingerprint density at radius 3 is 2.72 bits per heavy atom. The molecule has 2 rings (SSSR count). The maximum Gasteiger partial charge on any atom is 0.315 e. The molecule has 25 heavy (non-hydrogen) atoms. The summed E-state index contributed by atoms with van der Waals surface area (Å²) in [4.78, 5) is 22.1. The lowest BCUT2D eigenvalue weighted by molar-refractivity contribution is -0.386. The van der Waals surface area contributed by atoms with Gasteiger partial charge in [-0.2, -0.15) is 5.10 Å². The summed E-state index contributed by atoms with van der Waals surface area (Å²) in [5.41, 5.74) is 1.86. The molecule has 0 aliphatic carbocycles. The van der Waals surface area contributed by atoms with Gasteiger partial charge >= 0.3 is 5.69 Å². The highest BCUT2D eigenvalue weighted by Crippen LogP contribution is 2.36. The molecule has 0 saturated heterocycles. The van der Waals surface area contributed by atoms with Gasteiger partial charge in [-0.25, -0.2) is 5.43 Å². The summed E-state index contributed by atoms with van der Waals surface area (Å²) in [5, 5.41) is 34.0. The van der Waals surface area contributed by atoms with Crippen LogP contribution in [-0.2, 0) is 0 Å². The first kappa shape index (κ1) is 18.2. The number of phenolic OH excluding ortho intramolecular Hbond substituents is 2. The van der Waals surface area contributed by atoms with E-state index in [-0.39, 0.29) is 22.6 Å². The number of ether oxygens (including phenoxy) is 1. The average Bonchev–Trinajstić information content (AvgIpc) is 2.57. The van der Waals surface area contributed by atoms with Crippen LogP contribution < -0.4 is 10.2 Å². The van der Waals surface area contributed by atoms with Crippen LogP contribution in [0.2, 0.25) is 0 Å². The van der Waals surface area contributed by atoms with Gasteiger partial charge in [-0.1, -0.05) is 15.9 Å². The van der Waals surface area contributed by atoms with Crippen molar-refractivity contribution in [3.63, 3.8) is 0 Å². The van der Waals surface area contributed by atoms with Crippen molar-refractivity contribution in [2.24, 2.45) is 5.10 Å². The van der Waals surface area contributed by atoms with E-state index in [2.05, 4.69) is 26.5 Å². The molecule has 0 fully saturated rings. The third-order valence-corrected chi connectivity index (χ3v) is 3.57. The number of nitrogens with zero attached hydrogens (tertiary/aromatic N) is 2. The molecule has 0 aliphatic rings. The van der Waals surface area contributed by atoms with Crippen LogP contribution in [0.3, 0.4) is 0 Å². The number of methoxy groups -OCH3 is 1. The molecule has 0 saturated carbocycles. The van der Waals surface area contributed by atoms with Crippen LogP contribution in [0.1, 0.15) is 15.9 Å². The summed E-state index contributed by atoms with van der Waals surface area (Å²) < 4.78 is 5.46. The molecule has 0 unspecified atom stereocenters. The summed E-state index contributed by atoms with van der Waals surface area (Å²) >= 11 is 3.18. The molecule has 0 aromatic heterocycles. The Kier molecular flexibility index (Phi) is 5.55. The molecule has 0 spiro atoms. The molecule has 0 heterocycles. The van der Waals surface area contributed by atoms with Gasteiger partial charge < -0.3 is 14.9 Å². The monoisotopic (exact) mass is 409 g/mol. The van der Waals surface area contributed by atoms with Crippen LogP contribution in [-0.4, -0.2) is 34.4 Å². The number of hydrazone groups is 1. The number of nitrogens with one attached hydrogen (secondary N) is 1. The summed E-state index contributed by atoms with van der Waals surface area (Å²) in [6, 6.07) is 6.71. The highest BCUT2D eigenvalue weighted by molar-refractivity contribution is 9.10. The molecule has 2 aromatic rings. The fourth-order valence-electron chi connectivity index (χ4n) is 1.90. The van der Waals surface area contributed by atoms with Crippen LogP contribution in [0.4, 0.5) is 5.69 Å². The van der Waals surface area contributed by atoms with Gasteiger partial charge in [0.1, 0.15) is 5.75 Å². The molecular formula is C15H12BrN3O6. The zero-order valence-electron chi connectivity index (χ0n) is 12.8. The van der Waals surface area contributed by atoms with Crippen LogP contribution >= 0.6 is 15.9 Å². The highest BCUT2D eigenvalue weighted by atomic mass is 79.9. The van der Waals surface area contributed by atoms with Crippen molar-refractivity contribution < 1.29 is 24.7 Å². The highest BCUT2D eigenvalue weighted by Gasteiger charge is 2.19. The van der Waals surface area contributed by atoms with Crippen molar-refractivity contribution in [1.29, 1.82) is 0 Å². The Morgan fingerprint density at radius 1 is 1.36 bits per heavy atom. The number of nitro groups is 1. The quantitative estimate of drug-likeness (QED) is 0.394. The number of benzene rings is 2. The van der Waals surface area contributed by atoms with Crippen molar-refractivity contribution in [1.82, 2.24) is 5.43 Å². The van der Waals surface area contributed by atoms with E-state index >= 15 is 0 Å². The fourth-order valence-corrected chi connectivity index (χ4v) is 2.26. The number of carbonyl (C=O) groups is 1. The topological polar surface area (TPSA) is 134 Å². The number of carbonyl (C=O) groups excluding carboxylic acids is 1. The molecule has 3 N–H and O–H groups in total. The first-order valence-corrected chi connectivity index (χ1v) is 7.50. The van der Waals surface area contributed by atoms with E-state index in [1.807, 2.05) is 0 Å². The number of aromatic hydroxyl groups is 2. The molecule has 0 radical (unpaired) electrons. The van der Waals surface area contributed by atoms with Gasteiger partial charge in [0.25, 0.3) is 5.91 Å². The van der Waals surface area contributed by atoms with Gasteiger partial charge in [-0.15, -0.1) is 0 Å². The van der Waals surface area contributed by atoms with Crippen LogP contribution in [0.5, 0.6) is 17.2 Å². The minimum Gasteiger partial charge on any atom is -0.507 e. The first-order valence-electron chi connectivity index (χ1n) is 6.70. The number of hydrogen-bond acceptors (Lipinski definition) is 7. The average molecular weight is 410 g/mol. The lowest BCUT2D eigenvalue weighted by Gasteiger charge is -2.05. The van der Waals surface area contributed by atoms with Gasteiger partial charge in [0.15, 0.2) is 5.75 Å². The van der Waals surface area contributed by atoms with Crippen LogP contribution in [0.15, 0.2) is 39.9 Å². The Balaban J connectivity index is 2.22. The van der Waals surface area contributed by atoms with Crippen molar-refractivity contribution in [3.05, 3.63) is 56.0 Å². The number of amides is 1. The Labute approximate surface area is 149 Å². The summed E-state index contributed by atoms with van der Waals surface area (Å²) in [5.74, 6) is -1.60. The standard InChI is InChI=1S/C15H12BrN3O6/c1-25-13-5-8(4-11(14(13)21)19(23)24)7-17-18-15(22)10-6-9(16)2-3-12(10)20/h2-7,20-21H,1H3,(H,18,22)/b17-7-.